The second kappa shape index (κ2) is 6.36. The van der Waals surface area contributed by atoms with Crippen LogP contribution in [0.5, 0.6) is 0 Å². The first-order chi connectivity index (χ1) is 8.66. The molecule has 1 unspecified atom stereocenters. The Labute approximate surface area is 118 Å². The zero-order chi connectivity index (χ0) is 13.0. The molecule has 3 nitrogen and oxygen atoms in total. The zero-order valence-electron chi connectivity index (χ0n) is 10.1. The second-order valence-electron chi connectivity index (χ2n) is 4.42. The Kier molecular flexibility index (Phi) is 4.80. The standard InChI is InChI=1S/C13H17ClN2OS/c14-9-4-5-11(13(15)18)12(7-9)16-8-10-3-1-2-6-17-10/h4-5,7,10,16H,1-3,6,8H2,(H2,15,18). The zero-order valence-corrected chi connectivity index (χ0v) is 11.7. The van der Waals surface area contributed by atoms with Gasteiger partial charge >= 0.3 is 0 Å². The predicted molar refractivity (Wildman–Crippen MR) is 79.4 cm³/mol. The van der Waals surface area contributed by atoms with Crippen molar-refractivity contribution < 1.29 is 4.74 Å². The summed E-state index contributed by atoms with van der Waals surface area (Å²) >= 11 is 11.0. The molecule has 98 valence electrons. The molecule has 1 atom stereocenters. The van der Waals surface area contributed by atoms with E-state index in [0.29, 0.717) is 10.0 Å². The van der Waals surface area contributed by atoms with E-state index in [1.165, 1.54) is 6.42 Å². The van der Waals surface area contributed by atoms with Crippen molar-refractivity contribution in [3.05, 3.63) is 28.8 Å². The number of benzene rings is 1. The maximum Gasteiger partial charge on any atom is 0.106 e. The van der Waals surface area contributed by atoms with Crippen LogP contribution in [-0.2, 0) is 4.74 Å². The van der Waals surface area contributed by atoms with E-state index in [-0.39, 0.29) is 6.10 Å². The lowest BCUT2D eigenvalue weighted by Gasteiger charge is -2.23. The highest BCUT2D eigenvalue weighted by molar-refractivity contribution is 7.80. The molecule has 1 saturated heterocycles. The van der Waals surface area contributed by atoms with Gasteiger partial charge in [-0.25, -0.2) is 0 Å². The third-order valence-corrected chi connectivity index (χ3v) is 3.50. The molecular formula is C13H17ClN2OS. The minimum Gasteiger partial charge on any atom is -0.389 e. The number of rotatable bonds is 4. The van der Waals surface area contributed by atoms with Crippen LogP contribution in [0.3, 0.4) is 0 Å². The summed E-state index contributed by atoms with van der Waals surface area (Å²) in [7, 11) is 0. The second-order valence-corrected chi connectivity index (χ2v) is 5.30. The van der Waals surface area contributed by atoms with E-state index in [2.05, 4.69) is 5.32 Å². The van der Waals surface area contributed by atoms with Crippen LogP contribution in [0, 0.1) is 0 Å². The topological polar surface area (TPSA) is 47.3 Å². The molecule has 1 fully saturated rings. The van der Waals surface area contributed by atoms with Gasteiger partial charge in [-0.05, 0) is 37.5 Å². The van der Waals surface area contributed by atoms with Gasteiger partial charge in [-0.3, -0.25) is 0 Å². The van der Waals surface area contributed by atoms with Crippen LogP contribution in [-0.4, -0.2) is 24.2 Å². The molecule has 1 aliphatic rings. The van der Waals surface area contributed by atoms with E-state index in [0.717, 1.165) is 37.2 Å². The molecular weight excluding hydrogens is 268 g/mol. The summed E-state index contributed by atoms with van der Waals surface area (Å²) in [4.78, 5) is 0.374. The Hall–Kier alpha value is -0.840. The van der Waals surface area contributed by atoms with E-state index in [1.54, 1.807) is 6.07 Å². The van der Waals surface area contributed by atoms with Gasteiger partial charge in [0.25, 0.3) is 0 Å². The molecule has 2 rings (SSSR count). The molecule has 18 heavy (non-hydrogen) atoms. The summed E-state index contributed by atoms with van der Waals surface area (Å²) in [5, 5.41) is 4.00. The molecule has 1 aliphatic heterocycles. The van der Waals surface area contributed by atoms with Crippen molar-refractivity contribution in [3.63, 3.8) is 0 Å². The summed E-state index contributed by atoms with van der Waals surface area (Å²) in [6, 6.07) is 5.48. The van der Waals surface area contributed by atoms with Gasteiger partial charge in [-0.1, -0.05) is 23.8 Å². The molecule has 0 aliphatic carbocycles. The number of halogens is 1. The third-order valence-electron chi connectivity index (χ3n) is 3.04. The monoisotopic (exact) mass is 284 g/mol. The summed E-state index contributed by atoms with van der Waals surface area (Å²) in [6.45, 7) is 1.61. The van der Waals surface area contributed by atoms with Crippen LogP contribution >= 0.6 is 23.8 Å². The highest BCUT2D eigenvalue weighted by Gasteiger charge is 2.14. The van der Waals surface area contributed by atoms with Crippen LogP contribution in [0.1, 0.15) is 24.8 Å². The lowest BCUT2D eigenvalue weighted by molar-refractivity contribution is 0.0247. The van der Waals surface area contributed by atoms with Gasteiger partial charge in [0.1, 0.15) is 4.99 Å². The summed E-state index contributed by atoms with van der Waals surface area (Å²) in [6.07, 6.45) is 3.74. The predicted octanol–water partition coefficient (Wildman–Crippen LogP) is 2.96. The number of nitrogens with two attached hydrogens (primary N) is 1. The van der Waals surface area contributed by atoms with Crippen molar-refractivity contribution >= 4 is 34.5 Å². The van der Waals surface area contributed by atoms with Crippen molar-refractivity contribution in [3.8, 4) is 0 Å². The maximum absolute atomic E-state index is 5.99. The molecule has 1 aromatic rings. The van der Waals surface area contributed by atoms with Gasteiger partial charge in [0.15, 0.2) is 0 Å². The highest BCUT2D eigenvalue weighted by atomic mass is 35.5. The van der Waals surface area contributed by atoms with Gasteiger partial charge in [0.05, 0.1) is 6.10 Å². The average Bonchev–Trinajstić information content (AvgIpc) is 2.37. The molecule has 0 bridgehead atoms. The summed E-state index contributed by atoms with van der Waals surface area (Å²) in [5.74, 6) is 0. The van der Waals surface area contributed by atoms with Crippen LogP contribution < -0.4 is 11.1 Å². The van der Waals surface area contributed by atoms with Gasteiger partial charge in [0.2, 0.25) is 0 Å². The minimum absolute atomic E-state index is 0.261. The van der Waals surface area contributed by atoms with Crippen LogP contribution in [0.2, 0.25) is 5.02 Å². The molecule has 0 amide bonds. The molecule has 5 heteroatoms. The Morgan fingerprint density at radius 1 is 1.50 bits per heavy atom. The normalized spacial score (nSPS) is 19.5. The smallest absolute Gasteiger partial charge is 0.106 e. The fourth-order valence-electron chi connectivity index (χ4n) is 2.07. The van der Waals surface area contributed by atoms with E-state index in [4.69, 9.17) is 34.3 Å². The lowest BCUT2D eigenvalue weighted by Crippen LogP contribution is -2.27. The molecule has 1 aromatic carbocycles. The number of anilines is 1. The van der Waals surface area contributed by atoms with Crippen molar-refractivity contribution in [2.24, 2.45) is 5.73 Å². The lowest BCUT2D eigenvalue weighted by atomic mass is 10.1. The maximum atomic E-state index is 5.99. The van der Waals surface area contributed by atoms with E-state index < -0.39 is 0 Å². The number of hydrogen-bond donors (Lipinski definition) is 2. The van der Waals surface area contributed by atoms with Crippen LogP contribution in [0.15, 0.2) is 18.2 Å². The minimum atomic E-state index is 0.261. The fraction of sp³-hybridized carbons (Fsp3) is 0.462. The van der Waals surface area contributed by atoms with Crippen LogP contribution in [0.4, 0.5) is 5.69 Å². The van der Waals surface area contributed by atoms with E-state index in [1.807, 2.05) is 12.1 Å². The van der Waals surface area contributed by atoms with E-state index in [9.17, 15) is 0 Å². The number of nitrogens with one attached hydrogen (secondary N) is 1. The Morgan fingerprint density at radius 2 is 2.33 bits per heavy atom. The Bertz CT molecular complexity index is 433. The molecule has 1 heterocycles. The molecule has 0 saturated carbocycles. The first kappa shape index (κ1) is 13.6. The number of thiocarbonyl (C=S) groups is 1. The third kappa shape index (κ3) is 3.57. The van der Waals surface area contributed by atoms with Crippen molar-refractivity contribution in [2.45, 2.75) is 25.4 Å². The quantitative estimate of drug-likeness (QED) is 0.835. The first-order valence-electron chi connectivity index (χ1n) is 6.11. The van der Waals surface area contributed by atoms with Gasteiger partial charge < -0.3 is 15.8 Å². The van der Waals surface area contributed by atoms with Crippen molar-refractivity contribution in [2.75, 3.05) is 18.5 Å². The van der Waals surface area contributed by atoms with Gasteiger partial charge in [-0.15, -0.1) is 0 Å². The molecule has 0 spiro atoms. The Balaban J connectivity index is 2.03. The van der Waals surface area contributed by atoms with Gasteiger partial charge in [-0.2, -0.15) is 0 Å². The average molecular weight is 285 g/mol. The van der Waals surface area contributed by atoms with Crippen LogP contribution in [0.25, 0.3) is 0 Å². The van der Waals surface area contributed by atoms with E-state index >= 15 is 0 Å². The van der Waals surface area contributed by atoms with Crippen molar-refractivity contribution in [1.29, 1.82) is 0 Å². The number of hydrogen-bond acceptors (Lipinski definition) is 3. The summed E-state index contributed by atoms with van der Waals surface area (Å²) < 4.78 is 5.67. The number of ether oxygens (including phenoxy) is 1. The fourth-order valence-corrected chi connectivity index (χ4v) is 2.42. The SMILES string of the molecule is NC(=S)c1ccc(Cl)cc1NCC1CCCCO1. The molecule has 0 radical (unpaired) electrons. The molecule has 0 aromatic heterocycles. The molecule has 3 N–H and O–H groups in total. The van der Waals surface area contributed by atoms with Gasteiger partial charge in [0, 0.05) is 29.4 Å². The largest absolute Gasteiger partial charge is 0.389 e. The summed E-state index contributed by atoms with van der Waals surface area (Å²) in [5.41, 5.74) is 7.39. The Morgan fingerprint density at radius 3 is 3.00 bits per heavy atom. The first-order valence-corrected chi connectivity index (χ1v) is 6.90. The van der Waals surface area contributed by atoms with Crippen molar-refractivity contribution in [1.82, 2.24) is 0 Å². The highest BCUT2D eigenvalue weighted by Crippen LogP contribution is 2.22.